The number of anilines is 1. The van der Waals surface area contributed by atoms with E-state index in [0.29, 0.717) is 5.92 Å². The van der Waals surface area contributed by atoms with Crippen LogP contribution in [0.4, 0.5) is 5.69 Å². The third-order valence-electron chi connectivity index (χ3n) is 5.02. The second-order valence-electron chi connectivity index (χ2n) is 7.28. The molecule has 25 heavy (non-hydrogen) atoms. The van der Waals surface area contributed by atoms with Crippen molar-refractivity contribution in [2.75, 3.05) is 32.0 Å². The summed E-state index contributed by atoms with van der Waals surface area (Å²) >= 11 is 0. The Kier molecular flexibility index (Phi) is 7.44. The molecule has 2 N–H and O–H groups in total. The molecule has 138 valence electrons. The molecule has 1 saturated carbocycles. The topological polar surface area (TPSA) is 61.4 Å². The highest BCUT2D eigenvalue weighted by Crippen LogP contribution is 2.22. The van der Waals surface area contributed by atoms with Crippen LogP contribution in [0.25, 0.3) is 0 Å². The lowest BCUT2D eigenvalue weighted by molar-refractivity contribution is -0.123. The fraction of sp³-hybridized carbons (Fsp3) is 0.600. The number of benzene rings is 1. The smallest absolute Gasteiger partial charge is 0.238 e. The van der Waals surface area contributed by atoms with Crippen LogP contribution in [0.1, 0.15) is 43.2 Å². The number of carbonyl (C=O) groups is 2. The Balaban J connectivity index is 1.71. The minimum Gasteiger partial charge on any atom is -0.355 e. The second kappa shape index (κ2) is 9.56. The van der Waals surface area contributed by atoms with Crippen molar-refractivity contribution in [2.45, 2.75) is 46.0 Å². The van der Waals surface area contributed by atoms with Gasteiger partial charge in [-0.05, 0) is 56.8 Å². The lowest BCUT2D eigenvalue weighted by atomic mass is 9.89. The van der Waals surface area contributed by atoms with Gasteiger partial charge in [0.25, 0.3) is 0 Å². The first kappa shape index (κ1) is 19.4. The Hall–Kier alpha value is -1.88. The predicted molar refractivity (Wildman–Crippen MR) is 102 cm³/mol. The van der Waals surface area contributed by atoms with E-state index in [1.165, 1.54) is 32.1 Å². The number of nitrogens with one attached hydrogen (secondary N) is 2. The minimum absolute atomic E-state index is 0.00684. The van der Waals surface area contributed by atoms with Crippen LogP contribution in [-0.2, 0) is 9.59 Å². The van der Waals surface area contributed by atoms with Crippen LogP contribution >= 0.6 is 0 Å². The summed E-state index contributed by atoms with van der Waals surface area (Å²) in [6.45, 7) is 5.22. The van der Waals surface area contributed by atoms with Gasteiger partial charge >= 0.3 is 0 Å². The molecule has 0 radical (unpaired) electrons. The molecule has 0 bridgehead atoms. The molecule has 0 unspecified atom stereocenters. The van der Waals surface area contributed by atoms with Crippen LogP contribution in [0, 0.1) is 19.8 Å². The highest BCUT2D eigenvalue weighted by atomic mass is 16.2. The first-order valence-electron chi connectivity index (χ1n) is 9.27. The molecule has 1 aromatic carbocycles. The third-order valence-corrected chi connectivity index (χ3v) is 5.02. The molecule has 1 aliphatic carbocycles. The number of nitrogens with zero attached hydrogens (tertiary/aromatic N) is 1. The Bertz CT molecular complexity index is 595. The van der Waals surface area contributed by atoms with Gasteiger partial charge in [0.1, 0.15) is 0 Å². The van der Waals surface area contributed by atoms with Crippen molar-refractivity contribution in [3.8, 4) is 0 Å². The summed E-state index contributed by atoms with van der Waals surface area (Å²) < 4.78 is 0. The van der Waals surface area contributed by atoms with Gasteiger partial charge in [-0.25, -0.2) is 0 Å². The van der Waals surface area contributed by atoms with E-state index in [2.05, 4.69) is 10.6 Å². The average Bonchev–Trinajstić information content (AvgIpc) is 2.58. The van der Waals surface area contributed by atoms with Crippen molar-refractivity contribution in [1.82, 2.24) is 10.2 Å². The number of hydrogen-bond acceptors (Lipinski definition) is 3. The first-order chi connectivity index (χ1) is 12.0. The molecular weight excluding hydrogens is 314 g/mol. The second-order valence-corrected chi connectivity index (χ2v) is 7.28. The number of rotatable bonds is 7. The predicted octanol–water partition coefficient (Wildman–Crippen LogP) is 2.87. The molecule has 2 amide bonds. The van der Waals surface area contributed by atoms with Gasteiger partial charge in [-0.1, -0.05) is 31.4 Å². The summed E-state index contributed by atoms with van der Waals surface area (Å²) in [6.07, 6.45) is 6.31. The number of carbonyl (C=O) groups excluding carboxylic acids is 2. The monoisotopic (exact) mass is 345 g/mol. The molecule has 0 atom stereocenters. The standard InChI is InChI=1S/C20H31N3O2/c1-15-8-7-11-18(16(15)2)22-20(25)14-23(3)13-19(24)21-12-17-9-5-4-6-10-17/h7-8,11,17H,4-6,9-10,12-14H2,1-3H3,(H,21,24)(H,22,25). The van der Waals surface area contributed by atoms with Crippen LogP contribution in [-0.4, -0.2) is 43.4 Å². The Morgan fingerprint density at radius 1 is 1.08 bits per heavy atom. The summed E-state index contributed by atoms with van der Waals surface area (Å²) in [7, 11) is 1.79. The highest BCUT2D eigenvalue weighted by Gasteiger charge is 2.16. The molecule has 0 spiro atoms. The highest BCUT2D eigenvalue weighted by molar-refractivity contribution is 5.93. The number of likely N-dealkylation sites (N-methyl/N-ethyl adjacent to an activating group) is 1. The van der Waals surface area contributed by atoms with Gasteiger partial charge in [0.2, 0.25) is 11.8 Å². The maximum absolute atomic E-state index is 12.2. The van der Waals surface area contributed by atoms with E-state index in [9.17, 15) is 9.59 Å². The molecule has 5 nitrogen and oxygen atoms in total. The van der Waals surface area contributed by atoms with E-state index >= 15 is 0 Å². The maximum Gasteiger partial charge on any atom is 0.238 e. The zero-order valence-electron chi connectivity index (χ0n) is 15.7. The molecule has 0 heterocycles. The van der Waals surface area contributed by atoms with E-state index in [1.54, 1.807) is 11.9 Å². The average molecular weight is 345 g/mol. The normalized spacial score (nSPS) is 15.2. The number of amides is 2. The Morgan fingerprint density at radius 2 is 1.76 bits per heavy atom. The zero-order valence-corrected chi connectivity index (χ0v) is 15.7. The lowest BCUT2D eigenvalue weighted by Crippen LogP contribution is -2.40. The van der Waals surface area contributed by atoms with Crippen molar-refractivity contribution in [1.29, 1.82) is 0 Å². The Labute approximate surface area is 151 Å². The van der Waals surface area contributed by atoms with Crippen LogP contribution in [0.3, 0.4) is 0 Å². The van der Waals surface area contributed by atoms with Gasteiger partial charge in [-0.2, -0.15) is 0 Å². The van der Waals surface area contributed by atoms with E-state index < -0.39 is 0 Å². The summed E-state index contributed by atoms with van der Waals surface area (Å²) in [5, 5.41) is 5.94. The van der Waals surface area contributed by atoms with Gasteiger partial charge in [0.15, 0.2) is 0 Å². The minimum atomic E-state index is -0.101. The molecular formula is C20H31N3O2. The molecule has 0 aliphatic heterocycles. The SMILES string of the molecule is Cc1cccc(NC(=O)CN(C)CC(=O)NCC2CCCCC2)c1C. The number of hydrogen-bond donors (Lipinski definition) is 2. The molecule has 0 saturated heterocycles. The first-order valence-corrected chi connectivity index (χ1v) is 9.27. The summed E-state index contributed by atoms with van der Waals surface area (Å²) in [6, 6.07) is 5.85. The van der Waals surface area contributed by atoms with Crippen molar-refractivity contribution in [2.24, 2.45) is 5.92 Å². The lowest BCUT2D eigenvalue weighted by Gasteiger charge is -2.22. The Morgan fingerprint density at radius 3 is 2.48 bits per heavy atom. The van der Waals surface area contributed by atoms with Crippen LogP contribution in [0.5, 0.6) is 0 Å². The zero-order chi connectivity index (χ0) is 18.2. The molecule has 1 fully saturated rings. The van der Waals surface area contributed by atoms with Gasteiger partial charge in [-0.15, -0.1) is 0 Å². The van der Waals surface area contributed by atoms with Crippen LogP contribution in [0.2, 0.25) is 0 Å². The van der Waals surface area contributed by atoms with Gasteiger partial charge in [0.05, 0.1) is 13.1 Å². The van der Waals surface area contributed by atoms with E-state index in [-0.39, 0.29) is 24.9 Å². The summed E-state index contributed by atoms with van der Waals surface area (Å²) in [5.74, 6) is 0.513. The van der Waals surface area contributed by atoms with Crippen molar-refractivity contribution in [3.63, 3.8) is 0 Å². The molecule has 5 heteroatoms. The van der Waals surface area contributed by atoms with Crippen LogP contribution < -0.4 is 10.6 Å². The van der Waals surface area contributed by atoms with E-state index in [4.69, 9.17) is 0 Å². The third kappa shape index (κ3) is 6.50. The fourth-order valence-electron chi connectivity index (χ4n) is 3.33. The quantitative estimate of drug-likeness (QED) is 0.799. The van der Waals surface area contributed by atoms with Crippen LogP contribution in [0.15, 0.2) is 18.2 Å². The fourth-order valence-corrected chi connectivity index (χ4v) is 3.33. The van der Waals surface area contributed by atoms with Crippen molar-refractivity contribution in [3.05, 3.63) is 29.3 Å². The van der Waals surface area contributed by atoms with Crippen molar-refractivity contribution < 1.29 is 9.59 Å². The maximum atomic E-state index is 12.2. The summed E-state index contributed by atoms with van der Waals surface area (Å²) in [4.78, 5) is 26.0. The largest absolute Gasteiger partial charge is 0.355 e. The van der Waals surface area contributed by atoms with Gasteiger partial charge in [-0.3, -0.25) is 14.5 Å². The van der Waals surface area contributed by atoms with E-state index in [0.717, 1.165) is 23.4 Å². The molecule has 2 rings (SSSR count). The molecule has 1 aromatic rings. The summed E-state index contributed by atoms with van der Waals surface area (Å²) in [5.41, 5.74) is 3.05. The molecule has 1 aliphatic rings. The van der Waals surface area contributed by atoms with Gasteiger partial charge < -0.3 is 10.6 Å². The van der Waals surface area contributed by atoms with E-state index in [1.807, 2.05) is 32.0 Å². The van der Waals surface area contributed by atoms with Gasteiger partial charge in [0, 0.05) is 12.2 Å². The molecule has 0 aromatic heterocycles. The number of aryl methyl sites for hydroxylation is 1. The van der Waals surface area contributed by atoms with Crippen molar-refractivity contribution >= 4 is 17.5 Å².